The van der Waals surface area contributed by atoms with Gasteiger partial charge in [0.1, 0.15) is 10.7 Å². The second kappa shape index (κ2) is 11.1. The van der Waals surface area contributed by atoms with Crippen LogP contribution in [0.4, 0.5) is 29.5 Å². The summed E-state index contributed by atoms with van der Waals surface area (Å²) in [5.41, 5.74) is -1.34. The van der Waals surface area contributed by atoms with Gasteiger partial charge in [-0.05, 0) is 62.5 Å². The third-order valence-electron chi connectivity index (χ3n) is 5.65. The number of pyridine rings is 1. The summed E-state index contributed by atoms with van der Waals surface area (Å²) in [6, 6.07) is 6.06. The van der Waals surface area contributed by atoms with Gasteiger partial charge in [-0.15, -0.1) is 0 Å². The molecule has 0 fully saturated rings. The molecule has 0 bridgehead atoms. The molecule has 2 amide bonds. The van der Waals surface area contributed by atoms with Crippen LogP contribution >= 0.6 is 10.2 Å². The number of anilines is 1. The molecule has 2 aromatic carbocycles. The zero-order valence-corrected chi connectivity index (χ0v) is 23.0. The molecular formula is C26H28F6N4O4S. The van der Waals surface area contributed by atoms with E-state index >= 15 is 0 Å². The summed E-state index contributed by atoms with van der Waals surface area (Å²) < 4.78 is 88.1. The lowest BCUT2D eigenvalue weighted by Gasteiger charge is -2.40. The number of hydrogen-bond acceptors (Lipinski definition) is 5. The molecule has 3 rings (SSSR count). The Bertz CT molecular complexity index is 1530. The number of nitrogens with one attached hydrogen (secondary N) is 3. The maximum atomic E-state index is 14.8. The van der Waals surface area contributed by atoms with E-state index in [9.17, 15) is 38.2 Å². The highest BCUT2D eigenvalue weighted by atomic mass is 32.5. The molecule has 1 heterocycles. The van der Waals surface area contributed by atoms with Gasteiger partial charge in [-0.2, -0.15) is 0 Å². The summed E-state index contributed by atoms with van der Waals surface area (Å²) in [6.07, 6.45) is 0.679. The molecule has 0 radical (unpaired) electrons. The molecule has 41 heavy (non-hydrogen) atoms. The van der Waals surface area contributed by atoms with Gasteiger partial charge >= 0.3 is 10.2 Å². The minimum atomic E-state index is -10.2. The lowest BCUT2D eigenvalue weighted by molar-refractivity contribution is -0.115. The summed E-state index contributed by atoms with van der Waals surface area (Å²) in [4.78, 5) is 38.6. The number of nitrogens with zero attached hydrogens (tertiary/aromatic N) is 1. The Balaban J connectivity index is 1.84. The molecule has 3 aromatic rings. The summed E-state index contributed by atoms with van der Waals surface area (Å²) in [7, 11) is -6.86. The number of ether oxygens (including phenoxy) is 1. The molecule has 0 saturated carbocycles. The number of aromatic amines is 1. The lowest BCUT2D eigenvalue weighted by Crippen LogP contribution is -2.31. The first-order valence-corrected chi connectivity index (χ1v) is 14.1. The van der Waals surface area contributed by atoms with E-state index in [1.807, 2.05) is 5.32 Å². The van der Waals surface area contributed by atoms with Crippen molar-refractivity contribution < 1.29 is 38.1 Å². The van der Waals surface area contributed by atoms with Crippen molar-refractivity contribution in [3.8, 4) is 16.9 Å². The van der Waals surface area contributed by atoms with Gasteiger partial charge in [-0.25, -0.2) is 4.39 Å². The van der Waals surface area contributed by atoms with E-state index in [0.717, 1.165) is 12.1 Å². The van der Waals surface area contributed by atoms with E-state index in [2.05, 4.69) is 10.3 Å². The first-order valence-electron chi connectivity index (χ1n) is 12.1. The Morgan fingerprint density at radius 2 is 1.71 bits per heavy atom. The van der Waals surface area contributed by atoms with Crippen LogP contribution in [-0.2, 0) is 11.2 Å². The highest BCUT2D eigenvalue weighted by Gasteiger charge is 2.65. The Labute approximate surface area is 231 Å². The topological polar surface area (TPSA) is 104 Å². The first-order chi connectivity index (χ1) is 18.9. The van der Waals surface area contributed by atoms with Crippen LogP contribution < -0.4 is 20.9 Å². The average molecular weight is 607 g/mol. The third-order valence-corrected chi connectivity index (χ3v) is 6.78. The number of carbonyl (C=O) groups is 2. The highest BCUT2D eigenvalue weighted by Crippen LogP contribution is 3.02. The summed E-state index contributed by atoms with van der Waals surface area (Å²) in [5, 5.41) is 4.37. The van der Waals surface area contributed by atoms with Gasteiger partial charge in [-0.3, -0.25) is 14.4 Å². The number of likely N-dealkylation sites (N-methyl/N-ethyl adjacent to an activating group) is 1. The van der Waals surface area contributed by atoms with E-state index in [1.54, 1.807) is 25.9 Å². The van der Waals surface area contributed by atoms with Crippen LogP contribution in [-0.4, -0.2) is 55.5 Å². The predicted molar refractivity (Wildman–Crippen MR) is 145 cm³/mol. The van der Waals surface area contributed by atoms with Gasteiger partial charge in [0.2, 0.25) is 5.91 Å². The van der Waals surface area contributed by atoms with Crippen LogP contribution in [0.25, 0.3) is 11.1 Å². The van der Waals surface area contributed by atoms with E-state index in [0.29, 0.717) is 17.7 Å². The maximum Gasteiger partial charge on any atom is 0.310 e. The molecule has 0 aliphatic rings. The van der Waals surface area contributed by atoms with E-state index in [1.165, 1.54) is 24.4 Å². The second-order valence-corrected chi connectivity index (χ2v) is 11.7. The van der Waals surface area contributed by atoms with Crippen molar-refractivity contribution in [3.05, 3.63) is 76.0 Å². The van der Waals surface area contributed by atoms with Crippen molar-refractivity contribution in [2.45, 2.75) is 18.2 Å². The fourth-order valence-corrected chi connectivity index (χ4v) is 4.36. The van der Waals surface area contributed by atoms with Crippen molar-refractivity contribution in [2.75, 3.05) is 39.1 Å². The Morgan fingerprint density at radius 3 is 2.32 bits per heavy atom. The Hall–Kier alpha value is -3.98. The Morgan fingerprint density at radius 1 is 1.00 bits per heavy atom. The lowest BCUT2D eigenvalue weighted by atomic mass is 10.0. The number of benzene rings is 2. The molecule has 8 nitrogen and oxygen atoms in total. The molecule has 0 aliphatic carbocycles. The zero-order valence-electron chi connectivity index (χ0n) is 22.2. The molecule has 0 saturated heterocycles. The van der Waals surface area contributed by atoms with Crippen LogP contribution in [0.1, 0.15) is 22.8 Å². The normalized spacial score (nSPS) is 13.3. The van der Waals surface area contributed by atoms with Crippen molar-refractivity contribution in [1.29, 1.82) is 0 Å². The molecule has 224 valence electrons. The molecule has 15 heteroatoms. The monoisotopic (exact) mass is 606 g/mol. The number of H-pyrrole nitrogens is 1. The fourth-order valence-electron chi connectivity index (χ4n) is 3.66. The van der Waals surface area contributed by atoms with E-state index in [4.69, 9.17) is 4.74 Å². The van der Waals surface area contributed by atoms with Crippen LogP contribution in [0.15, 0.2) is 58.4 Å². The van der Waals surface area contributed by atoms with Gasteiger partial charge in [0.15, 0.2) is 5.75 Å². The van der Waals surface area contributed by atoms with E-state index < -0.39 is 56.0 Å². The third kappa shape index (κ3) is 8.75. The number of hydrogen-bond donors (Lipinski definition) is 3. The quantitative estimate of drug-likeness (QED) is 0.243. The number of rotatable bonds is 11. The summed E-state index contributed by atoms with van der Waals surface area (Å²) in [6.45, 7) is 2.26. The van der Waals surface area contributed by atoms with Crippen molar-refractivity contribution in [2.24, 2.45) is 0 Å². The molecular weight excluding hydrogens is 578 g/mol. The number of carbonyl (C=O) groups excluding carboxylic acids is 2. The molecule has 3 N–H and O–H groups in total. The standard InChI is InChI=1S/C26H28F6N4O4S/c1-4-40-23-12-19(15-34-26(23)39)16-5-6-17(22(27)11-16)13-24(37)35-20-9-18(25(38)33-7-8-36(2)3)10-21(14-20)41(28,29,30,31)32/h5-6,9-12,14-15H,4,7-8,13H2,1-3H3,(H,33,38)(H,34,39)(H,35,37). The van der Waals surface area contributed by atoms with Crippen molar-refractivity contribution in [1.82, 2.24) is 15.2 Å². The number of amides is 2. The zero-order chi connectivity index (χ0) is 30.7. The number of aromatic nitrogens is 1. The first kappa shape index (κ1) is 31.5. The van der Waals surface area contributed by atoms with Crippen LogP contribution in [0.3, 0.4) is 0 Å². The van der Waals surface area contributed by atoms with Gasteiger partial charge in [0.25, 0.3) is 11.5 Å². The van der Waals surface area contributed by atoms with Crippen LogP contribution in [0, 0.1) is 5.82 Å². The SMILES string of the molecule is CCOc1cc(-c2ccc(CC(=O)Nc3cc(C(=O)NCCN(C)C)cc(S(F)(F)(F)(F)F)c3)c(F)c2)c[nH]c1=O. The van der Waals surface area contributed by atoms with Crippen molar-refractivity contribution >= 4 is 27.7 Å². The van der Waals surface area contributed by atoms with Gasteiger partial charge < -0.3 is 25.3 Å². The van der Waals surface area contributed by atoms with Gasteiger partial charge in [-0.1, -0.05) is 31.6 Å². The molecule has 0 aliphatic heterocycles. The number of halogens is 6. The van der Waals surface area contributed by atoms with Gasteiger partial charge in [0.05, 0.1) is 13.0 Å². The molecule has 0 spiro atoms. The molecule has 0 atom stereocenters. The molecule has 0 unspecified atom stereocenters. The summed E-state index contributed by atoms with van der Waals surface area (Å²) in [5.74, 6) is -2.89. The Kier molecular flexibility index (Phi) is 8.56. The minimum Gasteiger partial charge on any atom is -0.488 e. The average Bonchev–Trinajstić information content (AvgIpc) is 2.85. The highest BCUT2D eigenvalue weighted by molar-refractivity contribution is 8.45. The fraction of sp³-hybridized carbons (Fsp3) is 0.269. The predicted octanol–water partition coefficient (Wildman–Crippen LogP) is 5.71. The largest absolute Gasteiger partial charge is 0.488 e. The van der Waals surface area contributed by atoms with E-state index in [-0.39, 0.29) is 36.6 Å². The minimum absolute atomic E-state index is 0.0217. The van der Waals surface area contributed by atoms with Gasteiger partial charge in [0, 0.05) is 36.1 Å². The maximum absolute atomic E-state index is 14.8. The van der Waals surface area contributed by atoms with Crippen LogP contribution in [0.5, 0.6) is 5.75 Å². The smallest absolute Gasteiger partial charge is 0.310 e. The molecule has 1 aromatic heterocycles. The summed E-state index contributed by atoms with van der Waals surface area (Å²) >= 11 is 0. The van der Waals surface area contributed by atoms with Crippen LogP contribution in [0.2, 0.25) is 0 Å². The van der Waals surface area contributed by atoms with Crippen molar-refractivity contribution in [3.63, 3.8) is 0 Å². The second-order valence-electron chi connectivity index (χ2n) is 9.32.